The zero-order chi connectivity index (χ0) is 22.9. The summed E-state index contributed by atoms with van der Waals surface area (Å²) < 4.78 is 6.97. The van der Waals surface area contributed by atoms with Crippen molar-refractivity contribution in [2.75, 3.05) is 19.4 Å². The van der Waals surface area contributed by atoms with E-state index in [-0.39, 0.29) is 17.6 Å². The van der Waals surface area contributed by atoms with Crippen molar-refractivity contribution in [2.24, 2.45) is 0 Å². The number of ether oxygens (including phenoxy) is 1. The van der Waals surface area contributed by atoms with Crippen molar-refractivity contribution in [1.29, 1.82) is 0 Å². The maximum absolute atomic E-state index is 12.5. The summed E-state index contributed by atoms with van der Waals surface area (Å²) >= 11 is 1.29. The lowest BCUT2D eigenvalue weighted by atomic mass is 9.88. The number of tetrazole rings is 1. The Hall–Kier alpha value is -3.65. The van der Waals surface area contributed by atoms with Crippen LogP contribution in [0.3, 0.4) is 0 Å². The number of carbonyl (C=O) groups is 1. The van der Waals surface area contributed by atoms with Crippen LogP contribution in [0.25, 0.3) is 5.69 Å². The van der Waals surface area contributed by atoms with E-state index in [1.54, 1.807) is 11.8 Å². The van der Waals surface area contributed by atoms with Gasteiger partial charge in [0.05, 0.1) is 12.9 Å². The van der Waals surface area contributed by atoms with E-state index in [0.717, 1.165) is 12.1 Å². The molecule has 4 rings (SSSR count). The summed E-state index contributed by atoms with van der Waals surface area (Å²) in [7, 11) is 1.60. The van der Waals surface area contributed by atoms with Crippen molar-refractivity contribution in [1.82, 2.24) is 25.5 Å². The van der Waals surface area contributed by atoms with Gasteiger partial charge < -0.3 is 10.1 Å². The van der Waals surface area contributed by atoms with Gasteiger partial charge in [-0.1, -0.05) is 84.6 Å². The van der Waals surface area contributed by atoms with E-state index < -0.39 is 0 Å². The molecule has 168 valence electrons. The SMILES string of the molecule is COc1ccccc1-n1nnnc1SCC(=O)NCCC(c1ccccc1)c1ccccc1. The highest BCUT2D eigenvalue weighted by atomic mass is 32.2. The number of hydrogen-bond donors (Lipinski definition) is 1. The lowest BCUT2D eigenvalue weighted by molar-refractivity contribution is -0.118. The van der Waals surface area contributed by atoms with E-state index in [4.69, 9.17) is 4.74 Å². The molecule has 0 aliphatic heterocycles. The van der Waals surface area contributed by atoms with Crippen LogP contribution in [0.1, 0.15) is 23.5 Å². The summed E-state index contributed by atoms with van der Waals surface area (Å²) in [6.45, 7) is 0.575. The Morgan fingerprint density at radius 3 is 2.27 bits per heavy atom. The van der Waals surface area contributed by atoms with Gasteiger partial charge in [0.25, 0.3) is 0 Å². The number of thioether (sulfide) groups is 1. The van der Waals surface area contributed by atoms with Gasteiger partial charge in [0.15, 0.2) is 0 Å². The molecule has 0 unspecified atom stereocenters. The third kappa shape index (κ3) is 5.78. The van der Waals surface area contributed by atoms with Crippen LogP contribution >= 0.6 is 11.8 Å². The number of para-hydroxylation sites is 2. The Kier molecular flexibility index (Phi) is 7.71. The first-order valence-electron chi connectivity index (χ1n) is 10.7. The molecule has 0 radical (unpaired) electrons. The van der Waals surface area contributed by atoms with Crippen molar-refractivity contribution in [2.45, 2.75) is 17.5 Å². The minimum absolute atomic E-state index is 0.0607. The molecule has 7 nitrogen and oxygen atoms in total. The number of rotatable bonds is 10. The van der Waals surface area contributed by atoms with Gasteiger partial charge in [0.1, 0.15) is 11.4 Å². The molecule has 1 amide bonds. The van der Waals surface area contributed by atoms with Crippen LogP contribution in [0.4, 0.5) is 0 Å². The summed E-state index contributed by atoms with van der Waals surface area (Å²) in [6.07, 6.45) is 0.809. The fourth-order valence-corrected chi connectivity index (χ4v) is 4.37. The van der Waals surface area contributed by atoms with Crippen molar-refractivity contribution < 1.29 is 9.53 Å². The van der Waals surface area contributed by atoms with Crippen LogP contribution in [-0.4, -0.2) is 45.5 Å². The minimum Gasteiger partial charge on any atom is -0.494 e. The van der Waals surface area contributed by atoms with Crippen molar-refractivity contribution in [3.8, 4) is 11.4 Å². The summed E-state index contributed by atoms with van der Waals surface area (Å²) in [5.41, 5.74) is 3.20. The zero-order valence-corrected chi connectivity index (χ0v) is 19.1. The second kappa shape index (κ2) is 11.3. The number of hydrogen-bond acceptors (Lipinski definition) is 6. The maximum Gasteiger partial charge on any atom is 0.230 e. The van der Waals surface area contributed by atoms with E-state index in [1.165, 1.54) is 22.9 Å². The average molecular weight is 460 g/mol. The molecular weight excluding hydrogens is 434 g/mol. The van der Waals surface area contributed by atoms with Crippen LogP contribution in [0.5, 0.6) is 5.75 Å². The van der Waals surface area contributed by atoms with Crippen LogP contribution in [-0.2, 0) is 4.79 Å². The standard InChI is InChI=1S/C25H25N5O2S/c1-32-23-15-9-8-14-22(23)30-25(27-28-29-30)33-18-24(31)26-17-16-21(19-10-4-2-5-11-19)20-12-6-3-7-13-20/h2-15,21H,16-18H2,1H3,(H,26,31). The zero-order valence-electron chi connectivity index (χ0n) is 18.3. The molecule has 0 saturated carbocycles. The number of nitrogens with zero attached hydrogens (tertiary/aromatic N) is 4. The molecular formula is C25H25N5O2S. The molecule has 0 aliphatic carbocycles. The van der Waals surface area contributed by atoms with Gasteiger partial charge >= 0.3 is 0 Å². The van der Waals surface area contributed by atoms with Crippen LogP contribution in [0, 0.1) is 0 Å². The van der Waals surface area contributed by atoms with E-state index in [2.05, 4.69) is 45.1 Å². The Labute approximate surface area is 197 Å². The number of carbonyl (C=O) groups excluding carboxylic acids is 1. The monoisotopic (exact) mass is 459 g/mol. The molecule has 3 aromatic carbocycles. The molecule has 0 spiro atoms. The quantitative estimate of drug-likeness (QED) is 0.360. The molecule has 0 bridgehead atoms. The van der Waals surface area contributed by atoms with E-state index >= 15 is 0 Å². The van der Waals surface area contributed by atoms with Gasteiger partial charge in [-0.05, 0) is 40.1 Å². The Bertz CT molecular complexity index is 1130. The fourth-order valence-electron chi connectivity index (χ4n) is 3.66. The van der Waals surface area contributed by atoms with E-state index in [0.29, 0.717) is 17.5 Å². The summed E-state index contributed by atoms with van der Waals surface area (Å²) in [5, 5.41) is 15.4. The van der Waals surface area contributed by atoms with Gasteiger partial charge in [-0.25, -0.2) is 0 Å². The molecule has 0 fully saturated rings. The summed E-state index contributed by atoms with van der Waals surface area (Å²) in [5.74, 6) is 1.04. The average Bonchev–Trinajstić information content (AvgIpc) is 3.35. The Morgan fingerprint density at radius 1 is 0.970 bits per heavy atom. The van der Waals surface area contributed by atoms with Gasteiger partial charge in [-0.15, -0.1) is 5.10 Å². The number of methoxy groups -OCH3 is 1. The fraction of sp³-hybridized carbons (Fsp3) is 0.200. The molecule has 1 N–H and O–H groups in total. The predicted molar refractivity (Wildman–Crippen MR) is 129 cm³/mol. The first-order valence-corrected chi connectivity index (χ1v) is 11.7. The number of aromatic nitrogens is 4. The van der Waals surface area contributed by atoms with Gasteiger partial charge in [-0.3, -0.25) is 4.79 Å². The lowest BCUT2D eigenvalue weighted by Gasteiger charge is -2.18. The number of nitrogens with one attached hydrogen (secondary N) is 1. The normalized spacial score (nSPS) is 10.8. The highest BCUT2D eigenvalue weighted by Gasteiger charge is 2.16. The van der Waals surface area contributed by atoms with Crippen LogP contribution in [0.15, 0.2) is 90.1 Å². The predicted octanol–water partition coefficient (Wildman–Crippen LogP) is 4.10. The first kappa shape index (κ1) is 22.5. The molecule has 0 atom stereocenters. The second-order valence-electron chi connectivity index (χ2n) is 7.35. The maximum atomic E-state index is 12.5. The summed E-state index contributed by atoms with van der Waals surface area (Å²) in [6, 6.07) is 28.2. The van der Waals surface area contributed by atoms with Crippen LogP contribution in [0.2, 0.25) is 0 Å². The highest BCUT2D eigenvalue weighted by Crippen LogP contribution is 2.28. The lowest BCUT2D eigenvalue weighted by Crippen LogP contribution is -2.27. The number of benzene rings is 3. The largest absolute Gasteiger partial charge is 0.494 e. The molecule has 0 aliphatic rings. The second-order valence-corrected chi connectivity index (χ2v) is 8.29. The molecule has 1 heterocycles. The molecule has 1 aromatic heterocycles. The topological polar surface area (TPSA) is 81.9 Å². The minimum atomic E-state index is -0.0607. The molecule has 4 aromatic rings. The first-order chi connectivity index (χ1) is 16.3. The highest BCUT2D eigenvalue weighted by molar-refractivity contribution is 7.99. The van der Waals surface area contributed by atoms with Crippen LogP contribution < -0.4 is 10.1 Å². The Balaban J connectivity index is 1.34. The molecule has 8 heteroatoms. The van der Waals surface area contributed by atoms with Crippen molar-refractivity contribution in [3.63, 3.8) is 0 Å². The molecule has 0 saturated heterocycles. The summed E-state index contributed by atoms with van der Waals surface area (Å²) in [4.78, 5) is 12.5. The van der Waals surface area contributed by atoms with Gasteiger partial charge in [-0.2, -0.15) is 4.68 Å². The number of amides is 1. The molecule has 33 heavy (non-hydrogen) atoms. The third-order valence-corrected chi connectivity index (χ3v) is 6.16. The van der Waals surface area contributed by atoms with E-state index in [9.17, 15) is 4.79 Å². The smallest absolute Gasteiger partial charge is 0.230 e. The van der Waals surface area contributed by atoms with Crippen molar-refractivity contribution >= 4 is 17.7 Å². The van der Waals surface area contributed by atoms with Gasteiger partial charge in [0, 0.05) is 12.5 Å². The Morgan fingerprint density at radius 2 is 1.61 bits per heavy atom. The van der Waals surface area contributed by atoms with Gasteiger partial charge in [0.2, 0.25) is 11.1 Å². The van der Waals surface area contributed by atoms with E-state index in [1.807, 2.05) is 60.7 Å². The van der Waals surface area contributed by atoms with Crippen molar-refractivity contribution in [3.05, 3.63) is 96.1 Å². The third-order valence-electron chi connectivity index (χ3n) is 5.25.